The predicted octanol–water partition coefficient (Wildman–Crippen LogP) is 1.77. The Kier molecular flexibility index (Phi) is 8.29. The van der Waals surface area contributed by atoms with Gasteiger partial charge in [-0.2, -0.15) is 5.10 Å². The van der Waals surface area contributed by atoms with Gasteiger partial charge in [-0.05, 0) is 18.6 Å². The Hall–Kier alpha value is -1.88. The lowest BCUT2D eigenvalue weighted by molar-refractivity contribution is 0.140. The molecule has 1 atom stereocenters. The van der Waals surface area contributed by atoms with Crippen LogP contribution in [-0.4, -0.2) is 47.1 Å². The van der Waals surface area contributed by atoms with Crippen LogP contribution in [-0.2, 0) is 24.9 Å². The summed E-state index contributed by atoms with van der Waals surface area (Å²) in [6, 6.07) is 6.25. The topological polar surface area (TPSA) is 85.6 Å². The molecule has 1 unspecified atom stereocenters. The van der Waals surface area contributed by atoms with Gasteiger partial charge in [-0.3, -0.25) is 9.67 Å². The minimum Gasteiger partial charge on any atom is -0.488 e. The van der Waals surface area contributed by atoms with Crippen LogP contribution in [0.15, 0.2) is 29.5 Å². The Morgan fingerprint density at radius 1 is 1.37 bits per heavy atom. The number of rotatable bonds is 6. The van der Waals surface area contributed by atoms with Gasteiger partial charge >= 0.3 is 0 Å². The number of aromatic nitrogens is 3. The van der Waals surface area contributed by atoms with Gasteiger partial charge in [0.15, 0.2) is 5.96 Å². The highest BCUT2D eigenvalue weighted by Gasteiger charge is 2.18. The number of hydrogen-bond donors (Lipinski definition) is 2. The number of aryl methyl sites for hydroxylation is 2. The summed E-state index contributed by atoms with van der Waals surface area (Å²) in [5, 5.41) is 10.6. The van der Waals surface area contributed by atoms with Crippen molar-refractivity contribution in [2.24, 2.45) is 12.0 Å². The lowest BCUT2D eigenvalue weighted by atomic mass is 10.1. The average Bonchev–Trinajstić information content (AvgIpc) is 3.28. The molecule has 1 fully saturated rings. The Balaban J connectivity index is 0.00000261. The molecule has 3 rings (SSSR count). The zero-order valence-electron chi connectivity index (χ0n) is 15.9. The first-order valence-corrected chi connectivity index (χ1v) is 8.77. The van der Waals surface area contributed by atoms with Crippen molar-refractivity contribution in [3.63, 3.8) is 0 Å². The Labute approximate surface area is 176 Å². The second kappa shape index (κ2) is 10.5. The molecular weight excluding hydrogens is 459 g/mol. The number of nitrogens with one attached hydrogen (secondary N) is 2. The van der Waals surface area contributed by atoms with Gasteiger partial charge in [-0.25, -0.2) is 4.98 Å². The normalized spacial score (nSPS) is 16.7. The van der Waals surface area contributed by atoms with E-state index in [0.717, 1.165) is 30.2 Å². The van der Waals surface area contributed by atoms with Crippen LogP contribution >= 0.6 is 24.0 Å². The van der Waals surface area contributed by atoms with Crippen LogP contribution in [0.5, 0.6) is 5.75 Å². The Morgan fingerprint density at radius 2 is 2.19 bits per heavy atom. The molecular formula is C18H27IN6O2. The molecule has 1 aliphatic rings. The third-order valence-electron chi connectivity index (χ3n) is 4.29. The van der Waals surface area contributed by atoms with E-state index in [2.05, 4.69) is 50.8 Å². The van der Waals surface area contributed by atoms with E-state index in [4.69, 9.17) is 9.47 Å². The van der Waals surface area contributed by atoms with Crippen LogP contribution in [0.4, 0.5) is 0 Å². The Morgan fingerprint density at radius 3 is 2.85 bits per heavy atom. The first-order chi connectivity index (χ1) is 12.7. The van der Waals surface area contributed by atoms with E-state index in [-0.39, 0.29) is 30.1 Å². The van der Waals surface area contributed by atoms with Crippen molar-refractivity contribution in [3.8, 4) is 5.75 Å². The molecule has 0 saturated carbocycles. The third kappa shape index (κ3) is 6.06. The molecule has 0 radical (unpaired) electrons. The van der Waals surface area contributed by atoms with Gasteiger partial charge in [-0.1, -0.05) is 12.1 Å². The van der Waals surface area contributed by atoms with Crippen molar-refractivity contribution in [2.75, 3.05) is 20.3 Å². The highest BCUT2D eigenvalue weighted by Crippen LogP contribution is 2.23. The summed E-state index contributed by atoms with van der Waals surface area (Å²) in [5.74, 6) is 2.44. The number of halogens is 1. The molecule has 148 valence electrons. The fourth-order valence-corrected chi connectivity index (χ4v) is 2.75. The molecule has 2 aromatic rings. The second-order valence-electron chi connectivity index (χ2n) is 6.29. The van der Waals surface area contributed by atoms with Gasteiger partial charge in [-0.15, -0.1) is 24.0 Å². The zero-order chi connectivity index (χ0) is 18.4. The average molecular weight is 486 g/mol. The molecule has 0 amide bonds. The van der Waals surface area contributed by atoms with Crippen LogP contribution in [0, 0.1) is 6.92 Å². The van der Waals surface area contributed by atoms with E-state index in [1.54, 1.807) is 11.7 Å². The fourth-order valence-electron chi connectivity index (χ4n) is 2.75. The minimum atomic E-state index is 0. The second-order valence-corrected chi connectivity index (χ2v) is 6.29. The first-order valence-electron chi connectivity index (χ1n) is 8.77. The van der Waals surface area contributed by atoms with Crippen LogP contribution in [0.25, 0.3) is 0 Å². The molecule has 1 aromatic heterocycles. The van der Waals surface area contributed by atoms with Crippen molar-refractivity contribution in [2.45, 2.75) is 32.5 Å². The summed E-state index contributed by atoms with van der Waals surface area (Å²) in [6.45, 7) is 4.65. The van der Waals surface area contributed by atoms with Gasteiger partial charge in [0.2, 0.25) is 0 Å². The van der Waals surface area contributed by atoms with E-state index < -0.39 is 0 Å². The maximum Gasteiger partial charge on any atom is 0.191 e. The monoisotopic (exact) mass is 486 g/mol. The molecule has 1 saturated heterocycles. The quantitative estimate of drug-likeness (QED) is 0.368. The molecule has 2 N–H and O–H groups in total. The van der Waals surface area contributed by atoms with Gasteiger partial charge in [0.05, 0.1) is 19.8 Å². The van der Waals surface area contributed by atoms with Gasteiger partial charge in [0.1, 0.15) is 24.0 Å². The number of aliphatic imine (C=N–C) groups is 1. The molecule has 9 heteroatoms. The highest BCUT2D eigenvalue weighted by atomic mass is 127. The summed E-state index contributed by atoms with van der Waals surface area (Å²) in [7, 11) is 3.61. The SMILES string of the molecule is CN=C(NCc1ccc(C)cc1OC1CCOC1)NCc1ncnn1C.I. The van der Waals surface area contributed by atoms with Crippen LogP contribution in [0.1, 0.15) is 23.4 Å². The summed E-state index contributed by atoms with van der Waals surface area (Å²) < 4.78 is 13.3. The molecule has 0 aliphatic carbocycles. The van der Waals surface area contributed by atoms with Gasteiger partial charge < -0.3 is 20.1 Å². The number of guanidine groups is 1. The van der Waals surface area contributed by atoms with Gasteiger partial charge in [0.25, 0.3) is 0 Å². The van der Waals surface area contributed by atoms with Crippen molar-refractivity contribution in [1.29, 1.82) is 0 Å². The highest BCUT2D eigenvalue weighted by molar-refractivity contribution is 14.0. The Bertz CT molecular complexity index is 758. The minimum absolute atomic E-state index is 0. The smallest absolute Gasteiger partial charge is 0.191 e. The lowest BCUT2D eigenvalue weighted by Gasteiger charge is -2.18. The van der Waals surface area contributed by atoms with Crippen LogP contribution < -0.4 is 15.4 Å². The maximum atomic E-state index is 6.14. The largest absolute Gasteiger partial charge is 0.488 e. The number of ether oxygens (including phenoxy) is 2. The third-order valence-corrected chi connectivity index (χ3v) is 4.29. The van der Waals surface area contributed by atoms with E-state index in [9.17, 15) is 0 Å². The molecule has 2 heterocycles. The fraction of sp³-hybridized carbons (Fsp3) is 0.500. The van der Waals surface area contributed by atoms with E-state index in [1.807, 2.05) is 7.05 Å². The van der Waals surface area contributed by atoms with Crippen molar-refractivity contribution in [3.05, 3.63) is 41.5 Å². The molecule has 27 heavy (non-hydrogen) atoms. The molecule has 1 aromatic carbocycles. The van der Waals surface area contributed by atoms with Crippen molar-refractivity contribution in [1.82, 2.24) is 25.4 Å². The maximum absolute atomic E-state index is 6.14. The van der Waals surface area contributed by atoms with Crippen molar-refractivity contribution >= 4 is 29.9 Å². The number of hydrogen-bond acceptors (Lipinski definition) is 5. The van der Waals surface area contributed by atoms with Crippen LogP contribution in [0.3, 0.4) is 0 Å². The standard InChI is InChI=1S/C18H26N6O2.HI/c1-13-4-5-14(16(8-13)26-15-6-7-25-11-15)9-20-18(19-2)21-10-17-22-12-23-24(17)3;/h4-5,8,12,15H,6-7,9-11H2,1-3H3,(H2,19,20,21);1H. The molecule has 8 nitrogen and oxygen atoms in total. The number of nitrogens with zero attached hydrogens (tertiary/aromatic N) is 4. The molecule has 0 bridgehead atoms. The van der Waals surface area contributed by atoms with Gasteiger partial charge in [0, 0.05) is 32.6 Å². The summed E-state index contributed by atoms with van der Waals surface area (Å²) >= 11 is 0. The zero-order valence-corrected chi connectivity index (χ0v) is 18.3. The predicted molar refractivity (Wildman–Crippen MR) is 114 cm³/mol. The van der Waals surface area contributed by atoms with E-state index >= 15 is 0 Å². The summed E-state index contributed by atoms with van der Waals surface area (Å²) in [5.41, 5.74) is 2.26. The molecule has 0 spiro atoms. The van der Waals surface area contributed by atoms with E-state index in [1.165, 1.54) is 11.9 Å². The van der Waals surface area contributed by atoms with Crippen LogP contribution in [0.2, 0.25) is 0 Å². The first kappa shape index (κ1) is 21.4. The van der Waals surface area contributed by atoms with E-state index in [0.29, 0.717) is 25.7 Å². The summed E-state index contributed by atoms with van der Waals surface area (Å²) in [6.07, 6.45) is 2.60. The number of benzene rings is 1. The van der Waals surface area contributed by atoms with Crippen molar-refractivity contribution < 1.29 is 9.47 Å². The summed E-state index contributed by atoms with van der Waals surface area (Å²) in [4.78, 5) is 8.46. The lowest BCUT2D eigenvalue weighted by Crippen LogP contribution is -2.37. The molecule has 1 aliphatic heterocycles.